The predicted octanol–water partition coefficient (Wildman–Crippen LogP) is 2.27. The fourth-order valence-electron chi connectivity index (χ4n) is 7.35. The Morgan fingerprint density at radius 1 is 0.955 bits per heavy atom. The molecule has 4 nitrogen and oxygen atoms in total. The first-order chi connectivity index (χ1) is 10.4. The van der Waals surface area contributed by atoms with E-state index in [-0.39, 0.29) is 5.57 Å². The number of allylic oxidation sites excluding steroid dienone is 1. The van der Waals surface area contributed by atoms with Crippen molar-refractivity contribution in [3.8, 4) is 0 Å². The third-order valence-corrected chi connectivity index (χ3v) is 8.67. The summed E-state index contributed by atoms with van der Waals surface area (Å²) in [4.78, 5) is 25.6. The Balaban J connectivity index is 1.53. The van der Waals surface area contributed by atoms with Gasteiger partial charge < -0.3 is 9.47 Å². The van der Waals surface area contributed by atoms with Crippen LogP contribution in [0.3, 0.4) is 0 Å². The molecular weight excluding hydrogens is 348 g/mol. The number of halogens is 1. The van der Waals surface area contributed by atoms with Crippen LogP contribution in [0.2, 0.25) is 0 Å². The highest BCUT2D eigenvalue weighted by atomic mass is 79.9. The number of carbonyl (C=O) groups excluding carboxylic acids is 2. The number of fused-ring (bicyclic) bond motifs is 2. The van der Waals surface area contributed by atoms with E-state index < -0.39 is 17.7 Å². The standard InChI is InChI=1S/C17H17BrO4/c1-17(2)21-15(19)13(16(20)22-17)11-8-4-3-5-7-6(4)10(11)12(7)14(18)9(5)8/h4-10,12,14H,3H2,1-2H3/t4-,5+,6?,7?,8?,9?,10?,12?,14?/m1/s1. The average molecular weight is 365 g/mol. The fraction of sp³-hybridized carbons (Fsp3) is 0.765. The van der Waals surface area contributed by atoms with E-state index >= 15 is 0 Å². The second kappa shape index (κ2) is 3.33. The van der Waals surface area contributed by atoms with Crippen LogP contribution in [0.4, 0.5) is 0 Å². The zero-order valence-corrected chi connectivity index (χ0v) is 14.0. The Morgan fingerprint density at radius 3 is 2.32 bits per heavy atom. The van der Waals surface area contributed by atoms with Crippen LogP contribution in [0.15, 0.2) is 11.1 Å². The number of rotatable bonds is 0. The Hall–Kier alpha value is -0.840. The highest BCUT2D eigenvalue weighted by molar-refractivity contribution is 9.09. The molecule has 5 aliphatic carbocycles. The van der Waals surface area contributed by atoms with E-state index in [4.69, 9.17) is 9.47 Å². The van der Waals surface area contributed by atoms with Crippen LogP contribution < -0.4 is 0 Å². The minimum absolute atomic E-state index is 0.247. The summed E-state index contributed by atoms with van der Waals surface area (Å²) in [5.74, 6) is 3.08. The van der Waals surface area contributed by atoms with Gasteiger partial charge in [-0.05, 0) is 59.3 Å². The van der Waals surface area contributed by atoms with Crippen molar-refractivity contribution >= 4 is 27.9 Å². The first kappa shape index (κ1) is 12.6. The number of cyclic esters (lactones) is 2. The molecule has 0 aromatic rings. The summed E-state index contributed by atoms with van der Waals surface area (Å²) in [5, 5.41) is 0. The largest absolute Gasteiger partial charge is 0.419 e. The second-order valence-corrected chi connectivity index (χ2v) is 9.44. The van der Waals surface area contributed by atoms with Crippen molar-refractivity contribution in [3.63, 3.8) is 0 Å². The number of hydrogen-bond donors (Lipinski definition) is 0. The minimum atomic E-state index is -1.14. The number of esters is 2. The van der Waals surface area contributed by atoms with E-state index in [0.717, 1.165) is 23.3 Å². The third kappa shape index (κ3) is 1.06. The fourth-order valence-corrected chi connectivity index (χ4v) is 8.75. The molecule has 22 heavy (non-hydrogen) atoms. The molecular formula is C17H17BrO4. The van der Waals surface area contributed by atoms with Gasteiger partial charge in [-0.25, -0.2) is 9.59 Å². The van der Waals surface area contributed by atoms with Crippen LogP contribution in [0.25, 0.3) is 0 Å². The molecule has 0 aromatic carbocycles. The Bertz CT molecular complexity index is 673. The SMILES string of the molecule is CC1(C)OC(=O)C(=C2C3C4C(Br)C5C2[C@@H]2C[C@H]5C4C32)C(=O)O1. The normalized spacial score (nSPS) is 58.2. The quantitative estimate of drug-likeness (QED) is 0.286. The predicted molar refractivity (Wildman–Crippen MR) is 78.5 cm³/mol. The van der Waals surface area contributed by atoms with Crippen LogP contribution in [-0.2, 0) is 19.1 Å². The summed E-state index contributed by atoms with van der Waals surface area (Å²) in [7, 11) is 0. The molecule has 2 bridgehead atoms. The summed E-state index contributed by atoms with van der Waals surface area (Å²) in [5.41, 5.74) is 1.36. The van der Waals surface area contributed by atoms with Gasteiger partial charge in [-0.3, -0.25) is 0 Å². The molecule has 0 N–H and O–H groups in total. The van der Waals surface area contributed by atoms with Crippen molar-refractivity contribution < 1.29 is 19.1 Å². The van der Waals surface area contributed by atoms with E-state index in [1.807, 2.05) is 0 Å². The summed E-state index contributed by atoms with van der Waals surface area (Å²) >= 11 is 3.93. The van der Waals surface area contributed by atoms with Gasteiger partial charge in [0, 0.05) is 18.7 Å². The van der Waals surface area contributed by atoms with Crippen LogP contribution in [0.5, 0.6) is 0 Å². The molecule has 1 saturated heterocycles. The molecule has 0 radical (unpaired) electrons. The summed E-state index contributed by atoms with van der Waals surface area (Å²) in [6.45, 7) is 3.22. The maximum absolute atomic E-state index is 12.5. The topological polar surface area (TPSA) is 52.6 Å². The summed E-state index contributed by atoms with van der Waals surface area (Å²) in [6, 6.07) is 0. The van der Waals surface area contributed by atoms with Crippen molar-refractivity contribution in [1.82, 2.24) is 0 Å². The highest BCUT2D eigenvalue weighted by Crippen LogP contribution is 2.85. The average Bonchev–Trinajstić information content (AvgIpc) is 2.87. The van der Waals surface area contributed by atoms with Crippen molar-refractivity contribution in [3.05, 3.63) is 11.1 Å². The van der Waals surface area contributed by atoms with E-state index in [1.165, 1.54) is 6.42 Å². The first-order valence-corrected chi connectivity index (χ1v) is 9.17. The molecule has 5 saturated carbocycles. The summed E-state index contributed by atoms with van der Waals surface area (Å²) < 4.78 is 10.7. The lowest BCUT2D eigenvalue weighted by atomic mass is 9.58. The maximum Gasteiger partial charge on any atom is 0.348 e. The smallest absolute Gasteiger partial charge is 0.348 e. The summed E-state index contributed by atoms with van der Waals surface area (Å²) in [6.07, 6.45) is 1.30. The molecule has 6 fully saturated rings. The van der Waals surface area contributed by atoms with Gasteiger partial charge in [0.05, 0.1) is 0 Å². The maximum atomic E-state index is 12.5. The molecule has 6 rings (SSSR count). The molecule has 1 aliphatic heterocycles. The number of alkyl halides is 1. The lowest BCUT2D eigenvalue weighted by Crippen LogP contribution is -2.48. The van der Waals surface area contributed by atoms with Crippen LogP contribution in [0.1, 0.15) is 20.3 Å². The molecule has 0 amide bonds. The molecule has 116 valence electrons. The van der Waals surface area contributed by atoms with Crippen molar-refractivity contribution in [1.29, 1.82) is 0 Å². The van der Waals surface area contributed by atoms with Crippen LogP contribution in [0, 0.1) is 47.3 Å². The van der Waals surface area contributed by atoms with E-state index in [0.29, 0.717) is 34.4 Å². The number of ether oxygens (including phenoxy) is 2. The van der Waals surface area contributed by atoms with Gasteiger partial charge in [-0.2, -0.15) is 0 Å². The number of carbonyl (C=O) groups is 2. The Labute approximate surface area is 136 Å². The van der Waals surface area contributed by atoms with Gasteiger partial charge in [-0.15, -0.1) is 0 Å². The third-order valence-electron chi connectivity index (χ3n) is 7.45. The molecule has 7 unspecified atom stereocenters. The van der Waals surface area contributed by atoms with Gasteiger partial charge in [0.1, 0.15) is 5.57 Å². The van der Waals surface area contributed by atoms with Gasteiger partial charge in [0.15, 0.2) is 0 Å². The van der Waals surface area contributed by atoms with Gasteiger partial charge in [0.25, 0.3) is 5.79 Å². The van der Waals surface area contributed by atoms with E-state index in [1.54, 1.807) is 13.8 Å². The second-order valence-electron chi connectivity index (χ2n) is 8.38. The van der Waals surface area contributed by atoms with Gasteiger partial charge >= 0.3 is 11.9 Å². The highest BCUT2D eigenvalue weighted by Gasteiger charge is 2.82. The molecule has 0 spiro atoms. The Kier molecular flexibility index (Phi) is 1.90. The lowest BCUT2D eigenvalue weighted by Gasteiger charge is -2.48. The molecule has 9 atom stereocenters. The van der Waals surface area contributed by atoms with E-state index in [9.17, 15) is 9.59 Å². The van der Waals surface area contributed by atoms with E-state index in [2.05, 4.69) is 15.9 Å². The first-order valence-electron chi connectivity index (χ1n) is 8.25. The van der Waals surface area contributed by atoms with Crippen LogP contribution >= 0.6 is 15.9 Å². The van der Waals surface area contributed by atoms with Crippen molar-refractivity contribution in [2.45, 2.75) is 30.9 Å². The molecule has 6 aliphatic rings. The monoisotopic (exact) mass is 364 g/mol. The Morgan fingerprint density at radius 2 is 1.64 bits per heavy atom. The lowest BCUT2D eigenvalue weighted by molar-refractivity contribution is -0.222. The number of hydrogen-bond acceptors (Lipinski definition) is 4. The molecule has 5 heteroatoms. The van der Waals surface area contributed by atoms with Crippen molar-refractivity contribution in [2.24, 2.45) is 47.3 Å². The minimum Gasteiger partial charge on any atom is -0.419 e. The zero-order chi connectivity index (χ0) is 15.1. The van der Waals surface area contributed by atoms with Gasteiger partial charge in [0.2, 0.25) is 0 Å². The molecule has 1 heterocycles. The van der Waals surface area contributed by atoms with Crippen molar-refractivity contribution in [2.75, 3.05) is 0 Å². The molecule has 0 aromatic heterocycles. The van der Waals surface area contributed by atoms with Crippen LogP contribution in [-0.4, -0.2) is 22.6 Å². The van der Waals surface area contributed by atoms with Gasteiger partial charge in [-0.1, -0.05) is 15.9 Å². The zero-order valence-electron chi connectivity index (χ0n) is 12.4.